The number of carbonyl (C=O) groups is 1. The number of nitrogens with two attached hydrogens (primary N) is 1. The van der Waals surface area contributed by atoms with Gasteiger partial charge in [-0.05, 0) is 16.5 Å². The standard InChI is InChI=1S/C14H22N2O2/c1-14(2,3)11-6-4-10(5-7-11)8-16-9-12(17)13(15)18/h4-7,12,16-17H,8-9H2,1-3H3,(H2,15,18). The van der Waals surface area contributed by atoms with Gasteiger partial charge in [0.15, 0.2) is 0 Å². The summed E-state index contributed by atoms with van der Waals surface area (Å²) >= 11 is 0. The van der Waals surface area contributed by atoms with Gasteiger partial charge in [0.25, 0.3) is 0 Å². The Morgan fingerprint density at radius 3 is 2.33 bits per heavy atom. The molecular weight excluding hydrogens is 228 g/mol. The Morgan fingerprint density at radius 2 is 1.89 bits per heavy atom. The summed E-state index contributed by atoms with van der Waals surface area (Å²) in [4.78, 5) is 10.6. The molecule has 1 atom stereocenters. The molecule has 4 N–H and O–H groups in total. The van der Waals surface area contributed by atoms with Gasteiger partial charge in [-0.1, -0.05) is 45.0 Å². The van der Waals surface area contributed by atoms with Crippen LogP contribution in [0.5, 0.6) is 0 Å². The quantitative estimate of drug-likeness (QED) is 0.727. The highest BCUT2D eigenvalue weighted by Gasteiger charge is 2.13. The third-order valence-electron chi connectivity index (χ3n) is 2.82. The number of aliphatic hydroxyl groups excluding tert-OH is 1. The van der Waals surface area contributed by atoms with E-state index >= 15 is 0 Å². The van der Waals surface area contributed by atoms with E-state index in [4.69, 9.17) is 5.73 Å². The Labute approximate surface area is 108 Å². The van der Waals surface area contributed by atoms with Crippen molar-refractivity contribution in [2.24, 2.45) is 5.73 Å². The lowest BCUT2D eigenvalue weighted by Gasteiger charge is -2.19. The molecule has 18 heavy (non-hydrogen) atoms. The van der Waals surface area contributed by atoms with Crippen LogP contribution in [-0.4, -0.2) is 23.7 Å². The van der Waals surface area contributed by atoms with Crippen LogP contribution in [0.3, 0.4) is 0 Å². The summed E-state index contributed by atoms with van der Waals surface area (Å²) in [6.07, 6.45) is -1.13. The third kappa shape index (κ3) is 4.47. The number of hydrogen-bond donors (Lipinski definition) is 3. The predicted molar refractivity (Wildman–Crippen MR) is 72.0 cm³/mol. The first-order chi connectivity index (χ1) is 8.30. The van der Waals surface area contributed by atoms with Crippen molar-refractivity contribution < 1.29 is 9.90 Å². The molecule has 0 radical (unpaired) electrons. The number of primary amides is 1. The number of benzene rings is 1. The van der Waals surface area contributed by atoms with Gasteiger partial charge >= 0.3 is 0 Å². The largest absolute Gasteiger partial charge is 0.382 e. The maximum Gasteiger partial charge on any atom is 0.247 e. The highest BCUT2D eigenvalue weighted by molar-refractivity contribution is 5.78. The zero-order valence-electron chi connectivity index (χ0n) is 11.2. The van der Waals surface area contributed by atoms with Crippen molar-refractivity contribution in [1.82, 2.24) is 5.32 Å². The molecular formula is C14H22N2O2. The molecule has 0 heterocycles. The zero-order chi connectivity index (χ0) is 13.8. The van der Waals surface area contributed by atoms with E-state index in [1.807, 2.05) is 12.1 Å². The number of nitrogens with one attached hydrogen (secondary N) is 1. The molecule has 0 aliphatic rings. The van der Waals surface area contributed by atoms with Gasteiger partial charge in [0.2, 0.25) is 5.91 Å². The van der Waals surface area contributed by atoms with Gasteiger partial charge in [0.05, 0.1) is 0 Å². The highest BCUT2D eigenvalue weighted by atomic mass is 16.3. The normalized spacial score (nSPS) is 13.3. The molecule has 0 saturated heterocycles. The van der Waals surface area contributed by atoms with Crippen molar-refractivity contribution in [3.8, 4) is 0 Å². The second-order valence-corrected chi connectivity index (χ2v) is 5.50. The highest BCUT2D eigenvalue weighted by Crippen LogP contribution is 2.22. The number of carbonyl (C=O) groups excluding carboxylic acids is 1. The summed E-state index contributed by atoms with van der Waals surface area (Å²) < 4.78 is 0. The minimum absolute atomic E-state index is 0.147. The van der Waals surface area contributed by atoms with Crippen LogP contribution in [0.1, 0.15) is 31.9 Å². The molecule has 0 fully saturated rings. The van der Waals surface area contributed by atoms with Crippen LogP contribution in [0.4, 0.5) is 0 Å². The van der Waals surface area contributed by atoms with Gasteiger partial charge in [-0.15, -0.1) is 0 Å². The molecule has 4 heteroatoms. The predicted octanol–water partition coefficient (Wildman–Crippen LogP) is 0.920. The Bertz CT molecular complexity index is 393. The van der Waals surface area contributed by atoms with Crippen molar-refractivity contribution in [2.75, 3.05) is 6.54 Å². The summed E-state index contributed by atoms with van der Waals surface area (Å²) in [5, 5.41) is 12.2. The summed E-state index contributed by atoms with van der Waals surface area (Å²) in [5.41, 5.74) is 7.49. The third-order valence-corrected chi connectivity index (χ3v) is 2.82. The molecule has 1 rings (SSSR count). The lowest BCUT2D eigenvalue weighted by atomic mass is 9.87. The summed E-state index contributed by atoms with van der Waals surface area (Å²) in [6, 6.07) is 8.29. The smallest absolute Gasteiger partial charge is 0.247 e. The van der Waals surface area contributed by atoms with Gasteiger partial charge in [-0.2, -0.15) is 0 Å². The van der Waals surface area contributed by atoms with E-state index < -0.39 is 12.0 Å². The van der Waals surface area contributed by atoms with Crippen LogP contribution in [0.25, 0.3) is 0 Å². The molecule has 1 aromatic carbocycles. The Kier molecular flexibility index (Phi) is 4.87. The average Bonchev–Trinajstić information content (AvgIpc) is 2.28. The Morgan fingerprint density at radius 1 is 1.33 bits per heavy atom. The van der Waals surface area contributed by atoms with Crippen LogP contribution in [0, 0.1) is 0 Å². The molecule has 0 spiro atoms. The lowest BCUT2D eigenvalue weighted by Crippen LogP contribution is -2.37. The number of hydrogen-bond acceptors (Lipinski definition) is 3. The van der Waals surface area contributed by atoms with Crippen LogP contribution in [-0.2, 0) is 16.8 Å². The topological polar surface area (TPSA) is 75.3 Å². The van der Waals surface area contributed by atoms with E-state index in [2.05, 4.69) is 38.2 Å². The van der Waals surface area contributed by atoms with Crippen LogP contribution >= 0.6 is 0 Å². The van der Waals surface area contributed by atoms with E-state index in [-0.39, 0.29) is 12.0 Å². The van der Waals surface area contributed by atoms with Gasteiger partial charge in [-0.25, -0.2) is 0 Å². The molecule has 0 aliphatic carbocycles. The molecule has 0 saturated carbocycles. The first-order valence-electron chi connectivity index (χ1n) is 6.08. The van der Waals surface area contributed by atoms with E-state index in [0.29, 0.717) is 6.54 Å². The van der Waals surface area contributed by atoms with Crippen molar-refractivity contribution in [3.05, 3.63) is 35.4 Å². The molecule has 0 aromatic heterocycles. The van der Waals surface area contributed by atoms with Gasteiger partial charge < -0.3 is 16.2 Å². The number of aliphatic hydroxyl groups is 1. The minimum Gasteiger partial charge on any atom is -0.382 e. The second-order valence-electron chi connectivity index (χ2n) is 5.50. The summed E-state index contributed by atoms with van der Waals surface area (Å²) in [6.45, 7) is 7.29. The fourth-order valence-electron chi connectivity index (χ4n) is 1.58. The number of amides is 1. The van der Waals surface area contributed by atoms with Gasteiger partial charge in [-0.3, -0.25) is 4.79 Å². The van der Waals surface area contributed by atoms with E-state index in [9.17, 15) is 9.90 Å². The van der Waals surface area contributed by atoms with Crippen molar-refractivity contribution >= 4 is 5.91 Å². The first-order valence-corrected chi connectivity index (χ1v) is 6.08. The molecule has 1 unspecified atom stereocenters. The van der Waals surface area contributed by atoms with Crippen molar-refractivity contribution in [3.63, 3.8) is 0 Å². The molecule has 0 bridgehead atoms. The average molecular weight is 250 g/mol. The Hall–Kier alpha value is -1.39. The maximum absolute atomic E-state index is 10.6. The van der Waals surface area contributed by atoms with E-state index in [0.717, 1.165) is 5.56 Å². The minimum atomic E-state index is -1.13. The fraction of sp³-hybridized carbons (Fsp3) is 0.500. The maximum atomic E-state index is 10.6. The second kappa shape index (κ2) is 5.98. The van der Waals surface area contributed by atoms with E-state index in [1.165, 1.54) is 5.56 Å². The van der Waals surface area contributed by atoms with Crippen LogP contribution < -0.4 is 11.1 Å². The monoisotopic (exact) mass is 250 g/mol. The first kappa shape index (κ1) is 14.7. The van der Waals surface area contributed by atoms with Gasteiger partial charge in [0.1, 0.15) is 6.10 Å². The van der Waals surface area contributed by atoms with Gasteiger partial charge in [0, 0.05) is 13.1 Å². The van der Waals surface area contributed by atoms with Crippen LogP contribution in [0.2, 0.25) is 0 Å². The summed E-state index contributed by atoms with van der Waals surface area (Å²) in [5.74, 6) is -0.703. The molecule has 1 amide bonds. The zero-order valence-corrected chi connectivity index (χ0v) is 11.2. The Balaban J connectivity index is 2.47. The van der Waals surface area contributed by atoms with Crippen molar-refractivity contribution in [2.45, 2.75) is 38.8 Å². The fourth-order valence-corrected chi connectivity index (χ4v) is 1.58. The van der Waals surface area contributed by atoms with Crippen LogP contribution in [0.15, 0.2) is 24.3 Å². The van der Waals surface area contributed by atoms with Crippen molar-refractivity contribution in [1.29, 1.82) is 0 Å². The van der Waals surface area contributed by atoms with E-state index in [1.54, 1.807) is 0 Å². The molecule has 100 valence electrons. The summed E-state index contributed by atoms with van der Waals surface area (Å²) in [7, 11) is 0. The lowest BCUT2D eigenvalue weighted by molar-refractivity contribution is -0.125. The SMILES string of the molecule is CC(C)(C)c1ccc(CNCC(O)C(N)=O)cc1. The molecule has 4 nitrogen and oxygen atoms in total. The molecule has 1 aromatic rings. The molecule has 0 aliphatic heterocycles. The number of rotatable bonds is 5.